The van der Waals surface area contributed by atoms with Crippen molar-refractivity contribution in [1.29, 1.82) is 0 Å². The highest BCUT2D eigenvalue weighted by Crippen LogP contribution is 2.41. The molecule has 0 unspecified atom stereocenters. The third kappa shape index (κ3) is 7.10. The molecule has 0 spiro atoms. The highest BCUT2D eigenvalue weighted by molar-refractivity contribution is 9.10. The molecule has 0 bridgehead atoms. The SMILES string of the molecule is CCOC(=O)Cc1c(C(=O)c2ccc(Br)cc2)sc(SCc2c(C)ccc3ccccc23)c1-[n+]1ccc(C)cc1.[I-]. The second kappa shape index (κ2) is 14.1. The first kappa shape index (κ1) is 31.4. The highest BCUT2D eigenvalue weighted by atomic mass is 127. The molecule has 5 rings (SSSR count). The number of rotatable bonds is 9. The molecule has 210 valence electrons. The lowest BCUT2D eigenvalue weighted by atomic mass is 10.0. The van der Waals surface area contributed by atoms with Gasteiger partial charge in [-0.05, 0) is 72.5 Å². The van der Waals surface area contributed by atoms with E-state index >= 15 is 0 Å². The van der Waals surface area contributed by atoms with Crippen molar-refractivity contribution in [3.05, 3.63) is 122 Å². The van der Waals surface area contributed by atoms with Gasteiger partial charge in [0.15, 0.2) is 12.4 Å². The summed E-state index contributed by atoms with van der Waals surface area (Å²) in [4.78, 5) is 27.3. The predicted molar refractivity (Wildman–Crippen MR) is 167 cm³/mol. The average Bonchev–Trinajstić information content (AvgIpc) is 3.30. The number of aromatic nitrogens is 1. The smallest absolute Gasteiger partial charge is 0.310 e. The number of ketones is 1. The summed E-state index contributed by atoms with van der Waals surface area (Å²) in [6.45, 7) is 6.26. The van der Waals surface area contributed by atoms with Gasteiger partial charge < -0.3 is 28.7 Å². The first-order chi connectivity index (χ1) is 19.4. The van der Waals surface area contributed by atoms with Gasteiger partial charge in [-0.3, -0.25) is 9.59 Å². The Balaban J connectivity index is 0.00000387. The summed E-state index contributed by atoms with van der Waals surface area (Å²) in [6.07, 6.45) is 4.01. The molecule has 41 heavy (non-hydrogen) atoms. The molecule has 0 radical (unpaired) electrons. The van der Waals surface area contributed by atoms with Gasteiger partial charge in [0.1, 0.15) is 4.21 Å². The lowest BCUT2D eigenvalue weighted by Gasteiger charge is -2.10. The Morgan fingerprint density at radius 1 is 0.927 bits per heavy atom. The van der Waals surface area contributed by atoms with E-state index in [9.17, 15) is 9.59 Å². The first-order valence-corrected chi connectivity index (χ1v) is 15.6. The van der Waals surface area contributed by atoms with Crippen LogP contribution in [-0.2, 0) is 21.7 Å². The molecule has 4 nitrogen and oxygen atoms in total. The van der Waals surface area contributed by atoms with Crippen molar-refractivity contribution in [2.75, 3.05) is 6.61 Å². The zero-order chi connectivity index (χ0) is 28.2. The van der Waals surface area contributed by atoms with E-state index in [2.05, 4.69) is 59.3 Å². The second-order valence-corrected chi connectivity index (χ2v) is 12.7. The lowest BCUT2D eigenvalue weighted by molar-refractivity contribution is -0.598. The van der Waals surface area contributed by atoms with Crippen LogP contribution in [0.1, 0.15) is 44.4 Å². The van der Waals surface area contributed by atoms with Gasteiger partial charge in [-0.2, -0.15) is 4.57 Å². The molecule has 0 fully saturated rings. The van der Waals surface area contributed by atoms with Crippen molar-refractivity contribution >= 4 is 61.6 Å². The van der Waals surface area contributed by atoms with E-state index in [1.807, 2.05) is 60.3 Å². The number of pyridine rings is 1. The molecule has 0 N–H and O–H groups in total. The Morgan fingerprint density at radius 2 is 1.63 bits per heavy atom. The zero-order valence-electron chi connectivity index (χ0n) is 22.9. The second-order valence-electron chi connectivity index (χ2n) is 9.52. The number of nitrogens with zero attached hydrogens (tertiary/aromatic N) is 1. The monoisotopic (exact) mass is 757 g/mol. The molecular formula is C33H29BrINO3S2. The normalized spacial score (nSPS) is 10.8. The number of hydrogen-bond donors (Lipinski definition) is 0. The molecule has 0 amide bonds. The van der Waals surface area contributed by atoms with Gasteiger partial charge in [0.05, 0.1) is 23.5 Å². The van der Waals surface area contributed by atoms with Crippen LogP contribution in [0.25, 0.3) is 16.5 Å². The van der Waals surface area contributed by atoms with Gasteiger partial charge in [0.2, 0.25) is 11.5 Å². The number of ether oxygens (including phenoxy) is 1. The summed E-state index contributed by atoms with van der Waals surface area (Å²) in [5, 5.41) is 2.44. The maximum atomic E-state index is 13.9. The fourth-order valence-electron chi connectivity index (χ4n) is 4.65. The Morgan fingerprint density at radius 3 is 2.34 bits per heavy atom. The van der Waals surface area contributed by atoms with E-state index in [1.165, 1.54) is 33.2 Å². The average molecular weight is 759 g/mol. The number of esters is 1. The van der Waals surface area contributed by atoms with Crippen LogP contribution in [-0.4, -0.2) is 18.4 Å². The van der Waals surface area contributed by atoms with Gasteiger partial charge in [0, 0.05) is 27.9 Å². The standard InChI is InChI=1S/C33H29BrNO3S2.HI/c1-4-38-29(36)19-27-30(35-17-15-21(2)16-18-35)33(40-32(27)31(37)24-11-13-25(34)14-12-24)39-20-28-22(3)9-10-23-7-5-6-8-26(23)28;/h5-18H,4,19-20H2,1-3H3;1H/q+1;/p-1. The Labute approximate surface area is 274 Å². The van der Waals surface area contributed by atoms with Crippen LogP contribution >= 0.6 is 39.0 Å². The molecular weight excluding hydrogens is 729 g/mol. The van der Waals surface area contributed by atoms with Crippen molar-refractivity contribution in [3.8, 4) is 5.69 Å². The number of carbonyl (C=O) groups excluding carboxylic acids is 2. The highest BCUT2D eigenvalue weighted by Gasteiger charge is 2.32. The Kier molecular flexibility index (Phi) is 10.8. The van der Waals surface area contributed by atoms with E-state index in [0.29, 0.717) is 16.0 Å². The topological polar surface area (TPSA) is 47.3 Å². The fourth-order valence-corrected chi connectivity index (χ4v) is 7.62. The number of carbonyl (C=O) groups is 2. The van der Waals surface area contributed by atoms with Gasteiger partial charge >= 0.3 is 5.97 Å². The quantitative estimate of drug-likeness (QED) is 0.0684. The molecule has 0 aliphatic carbocycles. The van der Waals surface area contributed by atoms with Gasteiger partial charge in [-0.15, -0.1) is 23.1 Å². The predicted octanol–water partition coefficient (Wildman–Crippen LogP) is 5.19. The van der Waals surface area contributed by atoms with Crippen LogP contribution < -0.4 is 28.5 Å². The number of hydrogen-bond acceptors (Lipinski definition) is 5. The molecule has 0 aliphatic rings. The molecule has 0 atom stereocenters. The zero-order valence-corrected chi connectivity index (χ0v) is 28.3. The summed E-state index contributed by atoms with van der Waals surface area (Å²) in [5.74, 6) is 0.289. The number of thiophene rings is 1. The number of fused-ring (bicyclic) bond motifs is 1. The first-order valence-electron chi connectivity index (χ1n) is 13.1. The van der Waals surface area contributed by atoms with Gasteiger partial charge in [-0.1, -0.05) is 52.3 Å². The third-order valence-electron chi connectivity index (χ3n) is 6.76. The van der Waals surface area contributed by atoms with E-state index in [1.54, 1.807) is 18.7 Å². The summed E-state index contributed by atoms with van der Waals surface area (Å²) < 4.78 is 9.26. The minimum atomic E-state index is -0.347. The number of thioether (sulfide) groups is 1. The largest absolute Gasteiger partial charge is 1.00 e. The molecule has 8 heteroatoms. The van der Waals surface area contributed by atoms with E-state index in [-0.39, 0.29) is 48.8 Å². The minimum absolute atomic E-state index is 0. The van der Waals surface area contributed by atoms with Crippen molar-refractivity contribution in [3.63, 3.8) is 0 Å². The summed E-state index contributed by atoms with van der Waals surface area (Å²) in [7, 11) is 0. The van der Waals surface area contributed by atoms with Crippen LogP contribution in [0.3, 0.4) is 0 Å². The molecule has 0 aliphatic heterocycles. The third-order valence-corrected chi connectivity index (χ3v) is 9.80. The van der Waals surface area contributed by atoms with Crippen LogP contribution in [0.4, 0.5) is 0 Å². The number of aryl methyl sites for hydroxylation is 2. The fraction of sp³-hybridized carbons (Fsp3) is 0.182. The molecule has 0 saturated heterocycles. The van der Waals surface area contributed by atoms with Crippen molar-refractivity contribution < 1.29 is 42.9 Å². The summed E-state index contributed by atoms with van der Waals surface area (Å²) in [5.41, 5.74) is 5.76. The molecule has 0 saturated carbocycles. The lowest BCUT2D eigenvalue weighted by Crippen LogP contribution is -3.00. The van der Waals surface area contributed by atoms with Gasteiger partial charge in [-0.25, -0.2) is 0 Å². The Bertz CT molecular complexity index is 1700. The van der Waals surface area contributed by atoms with Crippen LogP contribution in [0.5, 0.6) is 0 Å². The Hall–Kier alpha value is -2.53. The van der Waals surface area contributed by atoms with E-state index in [4.69, 9.17) is 4.74 Å². The van der Waals surface area contributed by atoms with Crippen molar-refractivity contribution in [2.24, 2.45) is 0 Å². The van der Waals surface area contributed by atoms with E-state index < -0.39 is 0 Å². The summed E-state index contributed by atoms with van der Waals surface area (Å²) >= 11 is 6.62. The van der Waals surface area contributed by atoms with Gasteiger partial charge in [0.25, 0.3) is 0 Å². The van der Waals surface area contributed by atoms with Crippen LogP contribution in [0, 0.1) is 13.8 Å². The van der Waals surface area contributed by atoms with Crippen molar-refractivity contribution in [2.45, 2.75) is 37.2 Å². The van der Waals surface area contributed by atoms with Crippen LogP contribution in [0.15, 0.2) is 93.9 Å². The molecule has 5 aromatic rings. The molecule has 2 aromatic heterocycles. The number of halogens is 2. The number of benzene rings is 3. The molecule has 2 heterocycles. The molecule has 3 aromatic carbocycles. The van der Waals surface area contributed by atoms with E-state index in [0.717, 1.165) is 25.7 Å². The minimum Gasteiger partial charge on any atom is -1.00 e. The maximum Gasteiger partial charge on any atom is 0.310 e. The maximum absolute atomic E-state index is 13.9. The summed E-state index contributed by atoms with van der Waals surface area (Å²) in [6, 6.07) is 24.2. The van der Waals surface area contributed by atoms with Crippen LogP contribution in [0.2, 0.25) is 0 Å². The van der Waals surface area contributed by atoms with Crippen molar-refractivity contribution in [1.82, 2.24) is 0 Å².